The van der Waals surface area contributed by atoms with E-state index in [4.69, 9.17) is 9.47 Å². The Hall–Kier alpha value is -2.42. The van der Waals surface area contributed by atoms with E-state index in [0.29, 0.717) is 25.0 Å². The monoisotopic (exact) mass is 349 g/mol. The number of hydrogen-bond donors (Lipinski definition) is 0. The van der Waals surface area contributed by atoms with E-state index in [2.05, 4.69) is 14.9 Å². The SMILES string of the molecule is COCCN1C(=O)CN(C2CCN(c3nccc(OC)n3)CC2)C1=O. The van der Waals surface area contributed by atoms with Crippen LogP contribution in [0.1, 0.15) is 12.8 Å². The molecular weight excluding hydrogens is 326 g/mol. The number of hydrogen-bond acceptors (Lipinski definition) is 7. The van der Waals surface area contributed by atoms with Crippen molar-refractivity contribution in [3.05, 3.63) is 12.3 Å². The molecule has 2 aliphatic heterocycles. The maximum Gasteiger partial charge on any atom is 0.327 e. The van der Waals surface area contributed by atoms with Gasteiger partial charge in [0.25, 0.3) is 0 Å². The number of imide groups is 1. The number of piperidine rings is 1. The first-order valence-electron chi connectivity index (χ1n) is 8.36. The van der Waals surface area contributed by atoms with Gasteiger partial charge in [0.15, 0.2) is 0 Å². The minimum absolute atomic E-state index is 0.0610. The molecule has 0 aromatic carbocycles. The van der Waals surface area contributed by atoms with Crippen molar-refractivity contribution in [2.45, 2.75) is 18.9 Å². The Morgan fingerprint density at radius 1 is 1.24 bits per heavy atom. The molecule has 0 spiro atoms. The molecule has 25 heavy (non-hydrogen) atoms. The van der Waals surface area contributed by atoms with E-state index in [0.717, 1.165) is 25.9 Å². The number of amides is 3. The van der Waals surface area contributed by atoms with Crippen LogP contribution in [-0.2, 0) is 9.53 Å². The Labute approximate surface area is 146 Å². The van der Waals surface area contributed by atoms with Crippen LogP contribution < -0.4 is 9.64 Å². The van der Waals surface area contributed by atoms with Gasteiger partial charge in [0, 0.05) is 38.5 Å². The summed E-state index contributed by atoms with van der Waals surface area (Å²) in [7, 11) is 3.13. The van der Waals surface area contributed by atoms with E-state index in [9.17, 15) is 9.59 Å². The van der Waals surface area contributed by atoms with E-state index in [-0.39, 0.29) is 24.5 Å². The van der Waals surface area contributed by atoms with Crippen LogP contribution in [0.15, 0.2) is 12.3 Å². The van der Waals surface area contributed by atoms with Gasteiger partial charge in [-0.05, 0) is 12.8 Å². The van der Waals surface area contributed by atoms with E-state index >= 15 is 0 Å². The van der Waals surface area contributed by atoms with Gasteiger partial charge < -0.3 is 19.3 Å². The first-order chi connectivity index (χ1) is 12.1. The van der Waals surface area contributed by atoms with Crippen molar-refractivity contribution < 1.29 is 19.1 Å². The molecule has 0 saturated carbocycles. The van der Waals surface area contributed by atoms with Crippen LogP contribution in [0.4, 0.5) is 10.7 Å². The summed E-state index contributed by atoms with van der Waals surface area (Å²) in [6, 6.07) is 1.56. The number of carbonyl (C=O) groups is 2. The maximum atomic E-state index is 12.5. The quantitative estimate of drug-likeness (QED) is 0.685. The summed E-state index contributed by atoms with van der Waals surface area (Å²) in [4.78, 5) is 38.2. The number of anilines is 1. The summed E-state index contributed by atoms with van der Waals surface area (Å²) >= 11 is 0. The molecule has 0 atom stereocenters. The van der Waals surface area contributed by atoms with Crippen molar-refractivity contribution in [1.82, 2.24) is 19.8 Å². The Balaban J connectivity index is 1.59. The molecule has 136 valence electrons. The van der Waals surface area contributed by atoms with Gasteiger partial charge in [-0.1, -0.05) is 0 Å². The van der Waals surface area contributed by atoms with Crippen LogP contribution in [0, 0.1) is 0 Å². The normalized spacial score (nSPS) is 19.0. The van der Waals surface area contributed by atoms with E-state index in [1.54, 1.807) is 31.4 Å². The highest BCUT2D eigenvalue weighted by molar-refractivity contribution is 6.02. The zero-order chi connectivity index (χ0) is 17.8. The Bertz CT molecular complexity index is 633. The van der Waals surface area contributed by atoms with Crippen molar-refractivity contribution >= 4 is 17.9 Å². The summed E-state index contributed by atoms with van der Waals surface area (Å²) in [5.74, 6) is 1.00. The highest BCUT2D eigenvalue weighted by Gasteiger charge is 2.40. The van der Waals surface area contributed by atoms with Crippen molar-refractivity contribution in [3.63, 3.8) is 0 Å². The van der Waals surface area contributed by atoms with Gasteiger partial charge in [-0.2, -0.15) is 4.98 Å². The molecule has 0 bridgehead atoms. The van der Waals surface area contributed by atoms with Crippen LogP contribution in [0.3, 0.4) is 0 Å². The van der Waals surface area contributed by atoms with Crippen molar-refractivity contribution in [2.75, 3.05) is 51.9 Å². The fraction of sp³-hybridized carbons (Fsp3) is 0.625. The third kappa shape index (κ3) is 3.65. The summed E-state index contributed by atoms with van der Waals surface area (Å²) in [6.07, 6.45) is 3.22. The second-order valence-electron chi connectivity index (χ2n) is 6.07. The van der Waals surface area contributed by atoms with Gasteiger partial charge in [0.2, 0.25) is 17.7 Å². The van der Waals surface area contributed by atoms with Crippen molar-refractivity contribution in [3.8, 4) is 5.88 Å². The lowest BCUT2D eigenvalue weighted by Crippen LogP contribution is -2.47. The zero-order valence-corrected chi connectivity index (χ0v) is 14.6. The Morgan fingerprint density at radius 3 is 2.68 bits per heavy atom. The molecule has 3 rings (SSSR count). The van der Waals surface area contributed by atoms with Crippen LogP contribution in [0.25, 0.3) is 0 Å². The molecule has 0 radical (unpaired) electrons. The van der Waals surface area contributed by atoms with Crippen molar-refractivity contribution in [1.29, 1.82) is 0 Å². The van der Waals surface area contributed by atoms with Crippen LogP contribution in [-0.4, -0.2) is 84.8 Å². The molecule has 2 aliphatic rings. The molecule has 3 heterocycles. The van der Waals surface area contributed by atoms with E-state index in [1.807, 2.05) is 0 Å². The summed E-state index contributed by atoms with van der Waals surface area (Å²) in [6.45, 7) is 2.28. The maximum absolute atomic E-state index is 12.5. The topological polar surface area (TPSA) is 88.1 Å². The lowest BCUT2D eigenvalue weighted by atomic mass is 10.0. The van der Waals surface area contributed by atoms with E-state index in [1.165, 1.54) is 4.90 Å². The average Bonchev–Trinajstić information content (AvgIpc) is 2.94. The third-order valence-corrected chi connectivity index (χ3v) is 4.62. The summed E-state index contributed by atoms with van der Waals surface area (Å²) in [5.41, 5.74) is 0. The number of carbonyl (C=O) groups excluding carboxylic acids is 2. The van der Waals surface area contributed by atoms with E-state index < -0.39 is 0 Å². The molecule has 3 amide bonds. The van der Waals surface area contributed by atoms with Crippen LogP contribution in [0.2, 0.25) is 0 Å². The summed E-state index contributed by atoms with van der Waals surface area (Å²) < 4.78 is 10.1. The second-order valence-corrected chi connectivity index (χ2v) is 6.07. The lowest BCUT2D eigenvalue weighted by molar-refractivity contribution is -0.125. The van der Waals surface area contributed by atoms with Crippen molar-refractivity contribution in [2.24, 2.45) is 0 Å². The number of urea groups is 1. The molecular formula is C16H23N5O4. The minimum atomic E-state index is -0.210. The highest BCUT2D eigenvalue weighted by atomic mass is 16.5. The number of rotatable bonds is 6. The number of aromatic nitrogens is 2. The molecule has 2 fully saturated rings. The second kappa shape index (κ2) is 7.64. The highest BCUT2D eigenvalue weighted by Crippen LogP contribution is 2.24. The van der Waals surface area contributed by atoms with Crippen LogP contribution >= 0.6 is 0 Å². The smallest absolute Gasteiger partial charge is 0.327 e. The fourth-order valence-electron chi connectivity index (χ4n) is 3.22. The predicted molar refractivity (Wildman–Crippen MR) is 89.5 cm³/mol. The standard InChI is InChI=1S/C16H23N5O4/c1-24-10-9-20-14(22)11-21(16(20)23)12-4-7-19(8-5-12)15-17-6-3-13(18-15)25-2/h3,6,12H,4-5,7-11H2,1-2H3. The minimum Gasteiger partial charge on any atom is -0.481 e. The Kier molecular flexibility index (Phi) is 5.32. The van der Waals surface area contributed by atoms with Gasteiger partial charge in [0.05, 0.1) is 20.3 Å². The molecule has 2 saturated heterocycles. The van der Waals surface area contributed by atoms with Gasteiger partial charge >= 0.3 is 6.03 Å². The third-order valence-electron chi connectivity index (χ3n) is 4.62. The molecule has 9 nitrogen and oxygen atoms in total. The molecule has 0 unspecified atom stereocenters. The van der Waals surface area contributed by atoms with Gasteiger partial charge in [0.1, 0.15) is 6.54 Å². The average molecular weight is 349 g/mol. The number of methoxy groups -OCH3 is 2. The molecule has 1 aromatic heterocycles. The molecule has 0 N–H and O–H groups in total. The summed E-state index contributed by atoms with van der Waals surface area (Å²) in [5, 5.41) is 0. The first kappa shape index (κ1) is 17.4. The molecule has 0 aliphatic carbocycles. The lowest BCUT2D eigenvalue weighted by Gasteiger charge is -2.36. The number of nitrogens with zero attached hydrogens (tertiary/aromatic N) is 5. The fourth-order valence-corrected chi connectivity index (χ4v) is 3.22. The molecule has 1 aromatic rings. The van der Waals surface area contributed by atoms with Gasteiger partial charge in [-0.3, -0.25) is 9.69 Å². The zero-order valence-electron chi connectivity index (χ0n) is 14.6. The molecule has 9 heteroatoms. The Morgan fingerprint density at radius 2 is 2.00 bits per heavy atom. The van der Waals surface area contributed by atoms with Gasteiger partial charge in [-0.15, -0.1) is 0 Å². The van der Waals surface area contributed by atoms with Gasteiger partial charge in [-0.25, -0.2) is 9.78 Å². The first-order valence-corrected chi connectivity index (χ1v) is 8.36. The largest absolute Gasteiger partial charge is 0.481 e. The van der Waals surface area contributed by atoms with Crippen LogP contribution in [0.5, 0.6) is 5.88 Å². The number of ether oxygens (including phenoxy) is 2. The predicted octanol–water partition coefficient (Wildman–Crippen LogP) is 0.365.